The topological polar surface area (TPSA) is 16.2 Å². The van der Waals surface area contributed by atoms with Gasteiger partial charge in [0, 0.05) is 56.4 Å². The lowest BCUT2D eigenvalue weighted by Crippen LogP contribution is -2.58. The monoisotopic (exact) mass is 450 g/mol. The van der Waals surface area contributed by atoms with Crippen molar-refractivity contribution < 1.29 is 0 Å². The summed E-state index contributed by atoms with van der Waals surface area (Å²) in [4.78, 5) is 11.7. The molecular formula is C26H67N5. The van der Waals surface area contributed by atoms with Gasteiger partial charge in [-0.15, -0.1) is 0 Å². The smallest absolute Gasteiger partial charge is 0.0277 e. The summed E-state index contributed by atoms with van der Waals surface area (Å²) in [6.45, 7) is 23.9. The summed E-state index contributed by atoms with van der Waals surface area (Å²) >= 11 is 0. The average molecular weight is 450 g/mol. The van der Waals surface area contributed by atoms with Gasteiger partial charge in [-0.3, -0.25) is 9.80 Å². The van der Waals surface area contributed by atoms with Crippen LogP contribution in [0.2, 0.25) is 0 Å². The van der Waals surface area contributed by atoms with Crippen molar-refractivity contribution in [3.05, 3.63) is 0 Å². The molecule has 1 aliphatic rings. The number of rotatable bonds is 6. The fourth-order valence-electron chi connectivity index (χ4n) is 2.33. The molecule has 0 amide bonds. The van der Waals surface area contributed by atoms with Crippen LogP contribution in [0.15, 0.2) is 0 Å². The van der Waals surface area contributed by atoms with E-state index in [4.69, 9.17) is 0 Å². The predicted octanol–water partition coefficient (Wildman–Crippen LogP) is 5.17. The molecule has 31 heavy (non-hydrogen) atoms. The highest BCUT2D eigenvalue weighted by molar-refractivity contribution is 4.89. The van der Waals surface area contributed by atoms with Gasteiger partial charge in [0.05, 0.1) is 0 Å². The van der Waals surface area contributed by atoms with Gasteiger partial charge in [0.1, 0.15) is 0 Å². The molecule has 0 N–H and O–H groups in total. The normalized spacial score (nSPS) is 16.3. The number of likely N-dealkylation sites (N-methyl/N-ethyl adjacent to an activating group) is 3. The van der Waals surface area contributed by atoms with Crippen LogP contribution in [0.3, 0.4) is 0 Å². The van der Waals surface area contributed by atoms with Gasteiger partial charge in [-0.25, -0.2) is 0 Å². The van der Waals surface area contributed by atoms with Crippen molar-refractivity contribution in [3.63, 3.8) is 0 Å². The van der Waals surface area contributed by atoms with Gasteiger partial charge >= 0.3 is 0 Å². The van der Waals surface area contributed by atoms with Gasteiger partial charge in [0.25, 0.3) is 0 Å². The SMILES string of the molecule is C.C.C.CC(C)N(C)C.CC(C)N(C)CCN(C)C.CC(C)N1CCN(C)C(C)(C)C1. The van der Waals surface area contributed by atoms with E-state index in [9.17, 15) is 0 Å². The summed E-state index contributed by atoms with van der Waals surface area (Å²) < 4.78 is 0. The molecule has 0 aromatic carbocycles. The summed E-state index contributed by atoms with van der Waals surface area (Å²) in [6.07, 6.45) is 0. The lowest BCUT2D eigenvalue weighted by atomic mass is 9.99. The second-order valence-electron chi connectivity index (χ2n) is 10.2. The third-order valence-electron chi connectivity index (χ3n) is 5.89. The minimum absolute atomic E-state index is 0. The van der Waals surface area contributed by atoms with Crippen LogP contribution in [0.1, 0.15) is 77.7 Å². The van der Waals surface area contributed by atoms with E-state index in [1.54, 1.807) is 0 Å². The zero-order chi connectivity index (χ0) is 22.7. The van der Waals surface area contributed by atoms with Gasteiger partial charge in [0.2, 0.25) is 0 Å². The van der Waals surface area contributed by atoms with E-state index >= 15 is 0 Å². The molecule has 0 atom stereocenters. The van der Waals surface area contributed by atoms with E-state index in [2.05, 4.69) is 122 Å². The Labute approximate surface area is 201 Å². The van der Waals surface area contributed by atoms with Crippen LogP contribution in [-0.4, -0.2) is 123 Å². The maximum absolute atomic E-state index is 2.56. The Morgan fingerprint density at radius 2 is 1.16 bits per heavy atom. The molecule has 0 aromatic rings. The first-order valence-electron chi connectivity index (χ1n) is 11.1. The second kappa shape index (κ2) is 20.4. The Morgan fingerprint density at radius 3 is 1.42 bits per heavy atom. The summed E-state index contributed by atoms with van der Waals surface area (Å²) in [5.74, 6) is 0. The molecule has 196 valence electrons. The molecule has 5 heteroatoms. The number of hydrogen-bond acceptors (Lipinski definition) is 5. The molecular weight excluding hydrogens is 382 g/mol. The van der Waals surface area contributed by atoms with Crippen molar-refractivity contribution >= 4 is 0 Å². The van der Waals surface area contributed by atoms with E-state index in [0.717, 1.165) is 13.1 Å². The molecule has 0 radical (unpaired) electrons. The van der Waals surface area contributed by atoms with Crippen LogP contribution in [0.25, 0.3) is 0 Å². The fraction of sp³-hybridized carbons (Fsp3) is 1.00. The third kappa shape index (κ3) is 21.4. The summed E-state index contributed by atoms with van der Waals surface area (Å²) in [6, 6.07) is 2.04. The lowest BCUT2D eigenvalue weighted by molar-refractivity contribution is 0.0245. The Bertz CT molecular complexity index is 359. The Morgan fingerprint density at radius 1 is 0.742 bits per heavy atom. The van der Waals surface area contributed by atoms with Crippen LogP contribution < -0.4 is 0 Å². The largest absolute Gasteiger partial charge is 0.308 e. The quantitative estimate of drug-likeness (QED) is 0.554. The first-order valence-corrected chi connectivity index (χ1v) is 11.1. The van der Waals surface area contributed by atoms with Crippen molar-refractivity contribution in [2.45, 2.75) is 101 Å². The Kier molecular flexibility index (Phi) is 27.1. The zero-order valence-electron chi connectivity index (χ0n) is 22.0. The van der Waals surface area contributed by atoms with E-state index in [0.29, 0.717) is 23.7 Å². The van der Waals surface area contributed by atoms with Gasteiger partial charge in [0.15, 0.2) is 0 Å². The van der Waals surface area contributed by atoms with E-state index in [-0.39, 0.29) is 22.3 Å². The number of piperazine rings is 1. The molecule has 0 aromatic heterocycles. The highest BCUT2D eigenvalue weighted by Gasteiger charge is 2.31. The third-order valence-corrected chi connectivity index (χ3v) is 5.89. The molecule has 0 unspecified atom stereocenters. The van der Waals surface area contributed by atoms with Crippen LogP contribution in [-0.2, 0) is 0 Å². The van der Waals surface area contributed by atoms with Gasteiger partial charge in [-0.2, -0.15) is 0 Å². The van der Waals surface area contributed by atoms with Crippen molar-refractivity contribution in [1.82, 2.24) is 24.5 Å². The molecule has 0 bridgehead atoms. The second-order valence-corrected chi connectivity index (χ2v) is 10.2. The highest BCUT2D eigenvalue weighted by Crippen LogP contribution is 2.19. The van der Waals surface area contributed by atoms with Gasteiger partial charge < -0.3 is 14.7 Å². The summed E-state index contributed by atoms with van der Waals surface area (Å²) in [5.41, 5.74) is 0.350. The Hall–Kier alpha value is -0.200. The number of hydrogen-bond donors (Lipinski definition) is 0. The minimum atomic E-state index is 0. The van der Waals surface area contributed by atoms with Crippen molar-refractivity contribution in [1.29, 1.82) is 0 Å². The van der Waals surface area contributed by atoms with Gasteiger partial charge in [-0.05, 0) is 97.7 Å². The van der Waals surface area contributed by atoms with E-state index in [1.807, 2.05) is 0 Å². The zero-order valence-corrected chi connectivity index (χ0v) is 22.0. The summed E-state index contributed by atoms with van der Waals surface area (Å²) in [5, 5.41) is 0. The van der Waals surface area contributed by atoms with E-state index < -0.39 is 0 Å². The molecule has 1 rings (SSSR count). The van der Waals surface area contributed by atoms with Crippen LogP contribution in [0, 0.1) is 0 Å². The minimum Gasteiger partial charge on any atom is -0.308 e. The van der Waals surface area contributed by atoms with Crippen LogP contribution in [0.4, 0.5) is 0 Å². The predicted molar refractivity (Wildman–Crippen MR) is 149 cm³/mol. The molecule has 1 saturated heterocycles. The lowest BCUT2D eigenvalue weighted by Gasteiger charge is -2.46. The molecule has 1 aliphatic heterocycles. The van der Waals surface area contributed by atoms with E-state index in [1.165, 1.54) is 19.6 Å². The highest BCUT2D eigenvalue weighted by atomic mass is 15.3. The van der Waals surface area contributed by atoms with Crippen molar-refractivity contribution in [2.24, 2.45) is 0 Å². The first kappa shape index (κ1) is 41.1. The molecule has 0 saturated carbocycles. The molecule has 5 nitrogen and oxygen atoms in total. The molecule has 1 fully saturated rings. The standard InChI is InChI=1S/C10H22N2.C8H20N2.C5H13N.3CH4/c1-9(2)12-7-6-11(5)10(3,4)8-12;1-8(2)10(5)7-6-9(3)4;1-5(2)6(3)4;;;/h9H,6-8H2,1-5H3;8H,6-7H2,1-5H3;5H,1-4H3;3*1H4. The average Bonchev–Trinajstić information content (AvgIpc) is 2.55. The van der Waals surface area contributed by atoms with Crippen molar-refractivity contribution in [3.8, 4) is 0 Å². The van der Waals surface area contributed by atoms with Crippen LogP contribution in [0.5, 0.6) is 0 Å². The molecule has 1 heterocycles. The first-order chi connectivity index (χ1) is 12.6. The Balaban J connectivity index is -0.000000109. The molecule has 0 aliphatic carbocycles. The molecule has 0 spiro atoms. The van der Waals surface area contributed by atoms with Crippen LogP contribution >= 0.6 is 0 Å². The van der Waals surface area contributed by atoms with Crippen molar-refractivity contribution in [2.75, 3.05) is 75.0 Å². The maximum atomic E-state index is 2.56. The maximum Gasteiger partial charge on any atom is 0.0277 e. The summed E-state index contributed by atoms with van der Waals surface area (Å²) in [7, 11) is 12.7. The number of nitrogens with zero attached hydrogens (tertiary/aromatic N) is 5. The fourth-order valence-corrected chi connectivity index (χ4v) is 2.33. The van der Waals surface area contributed by atoms with Gasteiger partial charge in [-0.1, -0.05) is 22.3 Å².